The van der Waals surface area contributed by atoms with Crippen LogP contribution in [-0.4, -0.2) is 14.5 Å². The van der Waals surface area contributed by atoms with Crippen LogP contribution in [0.4, 0.5) is 5.82 Å². The molecule has 3 rings (SSSR count). The van der Waals surface area contributed by atoms with Crippen LogP contribution in [0.3, 0.4) is 0 Å². The van der Waals surface area contributed by atoms with E-state index in [4.69, 9.17) is 4.52 Å². The molecule has 0 aliphatic rings. The van der Waals surface area contributed by atoms with E-state index in [1.165, 1.54) is 0 Å². The number of nitrogens with zero attached hydrogens (tertiary/aromatic N) is 3. The van der Waals surface area contributed by atoms with E-state index in [9.17, 15) is 0 Å². The summed E-state index contributed by atoms with van der Waals surface area (Å²) in [6.07, 6.45) is 3.73. The predicted octanol–water partition coefficient (Wildman–Crippen LogP) is 3.11. The number of hydrogen-bond acceptors (Lipinski definition) is 4. The minimum Gasteiger partial charge on any atom is -0.364 e. The van der Waals surface area contributed by atoms with E-state index < -0.39 is 0 Å². The molecule has 3 aromatic rings. The largest absolute Gasteiger partial charge is 0.364 e. The molecule has 0 spiro atoms. The van der Waals surface area contributed by atoms with Crippen molar-refractivity contribution in [3.63, 3.8) is 0 Å². The molecule has 0 aliphatic heterocycles. The second-order valence-corrected chi connectivity index (χ2v) is 4.67. The summed E-state index contributed by atoms with van der Waals surface area (Å²) in [6, 6.07) is 6.12. The van der Waals surface area contributed by atoms with Gasteiger partial charge in [0.05, 0.1) is 11.7 Å². The summed E-state index contributed by atoms with van der Waals surface area (Å²) >= 11 is 0. The van der Waals surface area contributed by atoms with Gasteiger partial charge in [-0.05, 0) is 32.9 Å². The minimum atomic E-state index is 0.124. The predicted molar refractivity (Wildman–Crippen MR) is 73.2 cm³/mol. The molecule has 0 aliphatic carbocycles. The van der Waals surface area contributed by atoms with Crippen molar-refractivity contribution in [3.05, 3.63) is 47.6 Å². The van der Waals surface area contributed by atoms with Crippen LogP contribution in [0.25, 0.3) is 5.65 Å². The van der Waals surface area contributed by atoms with Gasteiger partial charge in [-0.25, -0.2) is 4.98 Å². The first-order valence-corrected chi connectivity index (χ1v) is 6.28. The van der Waals surface area contributed by atoms with E-state index in [0.29, 0.717) is 0 Å². The average molecular weight is 256 g/mol. The molecule has 0 bridgehead atoms. The minimum absolute atomic E-state index is 0.124. The third-order valence-electron chi connectivity index (χ3n) is 3.31. The van der Waals surface area contributed by atoms with Crippen molar-refractivity contribution in [2.45, 2.75) is 26.8 Å². The van der Waals surface area contributed by atoms with Crippen molar-refractivity contribution in [1.29, 1.82) is 0 Å². The standard InChI is InChI=1S/C14H16N4O/c1-9(14-10(2)17-19-11(14)3)16-13-6-4-5-12-15-7-8-18(12)13/h4-9,16H,1-3H3. The fourth-order valence-corrected chi connectivity index (χ4v) is 2.47. The molecule has 0 saturated heterocycles. The first-order valence-electron chi connectivity index (χ1n) is 6.28. The van der Waals surface area contributed by atoms with Gasteiger partial charge in [-0.2, -0.15) is 0 Å². The summed E-state index contributed by atoms with van der Waals surface area (Å²) in [7, 11) is 0. The lowest BCUT2D eigenvalue weighted by Gasteiger charge is -2.16. The van der Waals surface area contributed by atoms with E-state index in [0.717, 1.165) is 28.5 Å². The highest BCUT2D eigenvalue weighted by atomic mass is 16.5. The van der Waals surface area contributed by atoms with Gasteiger partial charge in [0.25, 0.3) is 0 Å². The Morgan fingerprint density at radius 3 is 2.89 bits per heavy atom. The van der Waals surface area contributed by atoms with Gasteiger partial charge in [-0.3, -0.25) is 4.40 Å². The second kappa shape index (κ2) is 4.42. The van der Waals surface area contributed by atoms with E-state index in [2.05, 4.69) is 22.4 Å². The molecular formula is C14H16N4O. The third kappa shape index (κ3) is 1.97. The molecule has 19 heavy (non-hydrogen) atoms. The highest BCUT2D eigenvalue weighted by Crippen LogP contribution is 2.25. The van der Waals surface area contributed by atoms with Crippen molar-refractivity contribution >= 4 is 11.5 Å². The van der Waals surface area contributed by atoms with Gasteiger partial charge in [0.1, 0.15) is 17.2 Å². The van der Waals surface area contributed by atoms with Crippen LogP contribution < -0.4 is 5.32 Å². The van der Waals surface area contributed by atoms with Gasteiger partial charge in [0.15, 0.2) is 0 Å². The zero-order valence-corrected chi connectivity index (χ0v) is 11.2. The maximum Gasteiger partial charge on any atom is 0.139 e. The number of imidazole rings is 1. The second-order valence-electron chi connectivity index (χ2n) is 4.67. The Bertz CT molecular complexity index is 694. The number of aryl methyl sites for hydroxylation is 2. The summed E-state index contributed by atoms with van der Waals surface area (Å²) < 4.78 is 7.24. The molecule has 0 amide bonds. The quantitative estimate of drug-likeness (QED) is 0.782. The normalized spacial score (nSPS) is 12.8. The molecule has 1 N–H and O–H groups in total. The van der Waals surface area contributed by atoms with Crippen molar-refractivity contribution in [1.82, 2.24) is 14.5 Å². The van der Waals surface area contributed by atoms with Crippen LogP contribution in [0, 0.1) is 13.8 Å². The zero-order chi connectivity index (χ0) is 13.4. The average Bonchev–Trinajstić information content (AvgIpc) is 2.97. The fraction of sp³-hybridized carbons (Fsp3) is 0.286. The van der Waals surface area contributed by atoms with Crippen molar-refractivity contribution in [3.8, 4) is 0 Å². The lowest BCUT2D eigenvalue weighted by atomic mass is 10.1. The number of fused-ring (bicyclic) bond motifs is 1. The molecule has 0 saturated carbocycles. The monoisotopic (exact) mass is 256 g/mol. The van der Waals surface area contributed by atoms with Crippen LogP contribution in [0.5, 0.6) is 0 Å². The first kappa shape index (κ1) is 11.8. The van der Waals surface area contributed by atoms with Gasteiger partial charge in [0, 0.05) is 18.0 Å². The lowest BCUT2D eigenvalue weighted by Crippen LogP contribution is -2.10. The Labute approximate surface area is 111 Å². The molecule has 0 fully saturated rings. The van der Waals surface area contributed by atoms with E-state index in [1.807, 2.05) is 42.6 Å². The number of anilines is 1. The number of hydrogen-bond donors (Lipinski definition) is 1. The van der Waals surface area contributed by atoms with Gasteiger partial charge in [0.2, 0.25) is 0 Å². The van der Waals surface area contributed by atoms with Crippen LogP contribution >= 0.6 is 0 Å². The van der Waals surface area contributed by atoms with Gasteiger partial charge in [-0.15, -0.1) is 0 Å². The van der Waals surface area contributed by atoms with Crippen LogP contribution in [0.2, 0.25) is 0 Å². The topological polar surface area (TPSA) is 55.4 Å². The summed E-state index contributed by atoms with van der Waals surface area (Å²) in [5.41, 5.74) is 2.96. The van der Waals surface area contributed by atoms with Gasteiger partial charge >= 0.3 is 0 Å². The van der Waals surface area contributed by atoms with Gasteiger partial charge < -0.3 is 9.84 Å². The summed E-state index contributed by atoms with van der Waals surface area (Å²) in [5, 5.41) is 7.48. The highest BCUT2D eigenvalue weighted by molar-refractivity contribution is 5.51. The van der Waals surface area contributed by atoms with Crippen molar-refractivity contribution in [2.24, 2.45) is 0 Å². The Balaban J connectivity index is 1.95. The lowest BCUT2D eigenvalue weighted by molar-refractivity contribution is 0.392. The third-order valence-corrected chi connectivity index (χ3v) is 3.31. The van der Waals surface area contributed by atoms with Crippen molar-refractivity contribution in [2.75, 3.05) is 5.32 Å². The maximum absolute atomic E-state index is 5.22. The molecule has 1 atom stereocenters. The molecule has 3 heterocycles. The van der Waals surface area contributed by atoms with Crippen LogP contribution in [0.1, 0.15) is 30.0 Å². The first-order chi connectivity index (χ1) is 9.16. The molecule has 3 aromatic heterocycles. The Kier molecular flexibility index (Phi) is 2.74. The highest BCUT2D eigenvalue weighted by Gasteiger charge is 2.16. The summed E-state index contributed by atoms with van der Waals surface area (Å²) in [4.78, 5) is 4.28. The number of aromatic nitrogens is 3. The van der Waals surface area contributed by atoms with E-state index in [1.54, 1.807) is 6.20 Å². The molecule has 98 valence electrons. The Hall–Kier alpha value is -2.30. The zero-order valence-electron chi connectivity index (χ0n) is 11.2. The summed E-state index contributed by atoms with van der Waals surface area (Å²) in [5.74, 6) is 1.86. The SMILES string of the molecule is Cc1noc(C)c1C(C)Nc1cccc2nccn12. The summed E-state index contributed by atoms with van der Waals surface area (Å²) in [6.45, 7) is 6.00. The molecule has 1 unspecified atom stereocenters. The number of nitrogens with one attached hydrogen (secondary N) is 1. The fourth-order valence-electron chi connectivity index (χ4n) is 2.47. The molecule has 0 aromatic carbocycles. The molecular weight excluding hydrogens is 240 g/mol. The van der Waals surface area contributed by atoms with Crippen molar-refractivity contribution < 1.29 is 4.52 Å². The number of pyridine rings is 1. The Morgan fingerprint density at radius 2 is 2.16 bits per heavy atom. The Morgan fingerprint density at radius 1 is 1.32 bits per heavy atom. The van der Waals surface area contributed by atoms with E-state index >= 15 is 0 Å². The van der Waals surface area contributed by atoms with Gasteiger partial charge in [-0.1, -0.05) is 11.2 Å². The number of rotatable bonds is 3. The molecule has 0 radical (unpaired) electrons. The molecule has 5 nitrogen and oxygen atoms in total. The van der Waals surface area contributed by atoms with Crippen LogP contribution in [0.15, 0.2) is 35.1 Å². The molecule has 5 heteroatoms. The van der Waals surface area contributed by atoms with Crippen LogP contribution in [-0.2, 0) is 0 Å². The maximum atomic E-state index is 5.22. The smallest absolute Gasteiger partial charge is 0.139 e. The van der Waals surface area contributed by atoms with E-state index in [-0.39, 0.29) is 6.04 Å².